The summed E-state index contributed by atoms with van der Waals surface area (Å²) in [7, 11) is -3.03. The summed E-state index contributed by atoms with van der Waals surface area (Å²) < 4.78 is 39.0. The van der Waals surface area contributed by atoms with Crippen LogP contribution in [0.3, 0.4) is 0 Å². The van der Waals surface area contributed by atoms with Gasteiger partial charge in [0.05, 0.1) is 11.5 Å². The smallest absolute Gasteiger partial charge is 0.262 e. The molecule has 1 heterocycles. The van der Waals surface area contributed by atoms with Crippen molar-refractivity contribution in [3.8, 4) is 0 Å². The summed E-state index contributed by atoms with van der Waals surface area (Å²) in [5.41, 5.74) is -0.511. The second-order valence-electron chi connectivity index (χ2n) is 4.07. The van der Waals surface area contributed by atoms with E-state index in [2.05, 4.69) is 15.2 Å². The maximum Gasteiger partial charge on any atom is 0.270 e. The van der Waals surface area contributed by atoms with E-state index >= 15 is 0 Å². The van der Waals surface area contributed by atoms with Gasteiger partial charge in [0, 0.05) is 19.2 Å². The Kier molecular flexibility index (Phi) is 3.95. The number of nitrogens with zero attached hydrogens (tertiary/aromatic N) is 4. The normalized spacial score (nSPS) is 11.8. The van der Waals surface area contributed by atoms with Crippen LogP contribution in [0.1, 0.15) is 5.82 Å². The van der Waals surface area contributed by atoms with Crippen LogP contribution >= 0.6 is 0 Å². The molecule has 0 fully saturated rings. The highest BCUT2D eigenvalue weighted by Crippen LogP contribution is 2.24. The van der Waals surface area contributed by atoms with Crippen molar-refractivity contribution in [3.05, 3.63) is 46.3 Å². The van der Waals surface area contributed by atoms with E-state index in [0.717, 1.165) is 16.4 Å². The minimum Gasteiger partial charge on any atom is -0.262 e. The summed E-state index contributed by atoms with van der Waals surface area (Å²) >= 11 is 0. The maximum absolute atomic E-state index is 13.7. The van der Waals surface area contributed by atoms with Crippen LogP contribution < -0.4 is 0 Å². The van der Waals surface area contributed by atoms with Crippen LogP contribution in [0.4, 0.5) is 10.1 Å². The van der Waals surface area contributed by atoms with Crippen molar-refractivity contribution in [2.75, 3.05) is 7.05 Å². The van der Waals surface area contributed by atoms with E-state index in [-0.39, 0.29) is 12.4 Å². The molecular formula is C10H10FN5O4S. The number of aromatic amines is 1. The van der Waals surface area contributed by atoms with E-state index in [1.165, 1.54) is 13.4 Å². The Morgan fingerprint density at radius 1 is 1.48 bits per heavy atom. The van der Waals surface area contributed by atoms with Gasteiger partial charge in [-0.05, 0) is 6.07 Å². The summed E-state index contributed by atoms with van der Waals surface area (Å²) in [5.74, 6) is -0.808. The molecular weight excluding hydrogens is 305 g/mol. The van der Waals surface area contributed by atoms with Gasteiger partial charge in [0.1, 0.15) is 22.9 Å². The van der Waals surface area contributed by atoms with Gasteiger partial charge in [0.15, 0.2) is 0 Å². The molecule has 2 aromatic rings. The van der Waals surface area contributed by atoms with Gasteiger partial charge in [0.25, 0.3) is 5.69 Å². The molecule has 0 radical (unpaired) electrons. The van der Waals surface area contributed by atoms with E-state index in [1.54, 1.807) is 0 Å². The zero-order valence-electron chi connectivity index (χ0n) is 10.7. The lowest BCUT2D eigenvalue weighted by atomic mass is 10.3. The molecule has 0 bridgehead atoms. The highest BCUT2D eigenvalue weighted by molar-refractivity contribution is 7.89. The number of H-pyrrole nitrogens is 1. The van der Waals surface area contributed by atoms with Crippen molar-refractivity contribution < 1.29 is 17.7 Å². The third kappa shape index (κ3) is 3.03. The molecule has 0 saturated carbocycles. The van der Waals surface area contributed by atoms with E-state index < -0.39 is 31.3 Å². The topological polar surface area (TPSA) is 122 Å². The van der Waals surface area contributed by atoms with Crippen molar-refractivity contribution in [2.45, 2.75) is 11.4 Å². The predicted molar refractivity (Wildman–Crippen MR) is 68.1 cm³/mol. The Balaban J connectivity index is 2.38. The van der Waals surface area contributed by atoms with Crippen LogP contribution in [0.25, 0.3) is 0 Å². The van der Waals surface area contributed by atoms with Gasteiger partial charge in [0.2, 0.25) is 10.0 Å². The summed E-state index contributed by atoms with van der Waals surface area (Å²) in [6.07, 6.45) is 1.20. The van der Waals surface area contributed by atoms with Crippen LogP contribution in [0.5, 0.6) is 0 Å². The molecule has 1 aromatic carbocycles. The Morgan fingerprint density at radius 3 is 2.76 bits per heavy atom. The fourth-order valence-corrected chi connectivity index (χ4v) is 2.79. The fourth-order valence-electron chi connectivity index (χ4n) is 1.57. The van der Waals surface area contributed by atoms with Crippen LogP contribution in [0.15, 0.2) is 29.4 Å². The molecule has 0 amide bonds. The zero-order valence-corrected chi connectivity index (χ0v) is 11.5. The summed E-state index contributed by atoms with van der Waals surface area (Å²) in [4.78, 5) is 12.9. The Hall–Kier alpha value is -2.40. The van der Waals surface area contributed by atoms with Gasteiger partial charge in [-0.25, -0.2) is 17.8 Å². The molecule has 1 aromatic heterocycles. The molecule has 0 unspecified atom stereocenters. The standard InChI is InChI=1S/C10H10FN5O4S/c1-15(5-10-12-6-13-14-10)21(19,20)9-4-7(16(17)18)2-3-8(9)11/h2-4,6H,5H2,1H3,(H,12,13,14). The first-order valence-electron chi connectivity index (χ1n) is 5.57. The molecule has 2 rings (SSSR count). The van der Waals surface area contributed by atoms with E-state index in [0.29, 0.717) is 6.07 Å². The molecule has 0 aliphatic heterocycles. The average Bonchev–Trinajstić information content (AvgIpc) is 2.91. The fraction of sp³-hybridized carbons (Fsp3) is 0.200. The van der Waals surface area contributed by atoms with Gasteiger partial charge in [-0.3, -0.25) is 15.2 Å². The van der Waals surface area contributed by atoms with Crippen molar-refractivity contribution in [1.29, 1.82) is 0 Å². The number of sulfonamides is 1. The number of nitro benzene ring substituents is 1. The lowest BCUT2D eigenvalue weighted by Gasteiger charge is -2.16. The minimum atomic E-state index is -4.24. The van der Waals surface area contributed by atoms with Crippen LogP contribution in [-0.4, -0.2) is 39.9 Å². The average molecular weight is 315 g/mol. The third-order valence-electron chi connectivity index (χ3n) is 2.65. The van der Waals surface area contributed by atoms with Crippen LogP contribution in [-0.2, 0) is 16.6 Å². The highest BCUT2D eigenvalue weighted by Gasteiger charge is 2.27. The maximum atomic E-state index is 13.7. The van der Waals surface area contributed by atoms with Gasteiger partial charge in [-0.1, -0.05) is 0 Å². The van der Waals surface area contributed by atoms with Crippen molar-refractivity contribution >= 4 is 15.7 Å². The summed E-state index contributed by atoms with van der Waals surface area (Å²) in [5, 5.41) is 16.7. The highest BCUT2D eigenvalue weighted by atomic mass is 32.2. The number of rotatable bonds is 5. The monoisotopic (exact) mass is 315 g/mol. The number of hydrogen-bond donors (Lipinski definition) is 1. The predicted octanol–water partition coefficient (Wildman–Crippen LogP) is 0.673. The third-order valence-corrected chi connectivity index (χ3v) is 4.47. The van der Waals surface area contributed by atoms with E-state index in [1.807, 2.05) is 0 Å². The van der Waals surface area contributed by atoms with Gasteiger partial charge >= 0.3 is 0 Å². The number of nitro groups is 1. The molecule has 0 spiro atoms. The Labute approximate surface area is 118 Å². The molecule has 0 aliphatic rings. The van der Waals surface area contributed by atoms with Crippen LogP contribution in [0.2, 0.25) is 0 Å². The second-order valence-corrected chi connectivity index (χ2v) is 6.08. The number of aromatic nitrogens is 3. The molecule has 0 aliphatic carbocycles. The molecule has 9 nitrogen and oxygen atoms in total. The van der Waals surface area contributed by atoms with Crippen molar-refractivity contribution in [1.82, 2.24) is 19.5 Å². The van der Waals surface area contributed by atoms with Crippen molar-refractivity contribution in [3.63, 3.8) is 0 Å². The van der Waals surface area contributed by atoms with Gasteiger partial charge in [-0.15, -0.1) is 0 Å². The molecule has 1 N–H and O–H groups in total. The molecule has 11 heteroatoms. The number of hydrogen-bond acceptors (Lipinski definition) is 6. The summed E-state index contributed by atoms with van der Waals surface area (Å²) in [6.45, 7) is -0.176. The van der Waals surface area contributed by atoms with Crippen molar-refractivity contribution in [2.24, 2.45) is 0 Å². The number of non-ortho nitro benzene ring substituents is 1. The van der Waals surface area contributed by atoms with Gasteiger partial charge in [-0.2, -0.15) is 9.40 Å². The quantitative estimate of drug-likeness (QED) is 0.639. The SMILES string of the molecule is CN(Cc1ncn[nH]1)S(=O)(=O)c1cc([N+](=O)[O-])ccc1F. The minimum absolute atomic E-state index is 0.176. The first-order chi connectivity index (χ1) is 9.82. The second kappa shape index (κ2) is 5.54. The van der Waals surface area contributed by atoms with E-state index in [9.17, 15) is 22.9 Å². The Bertz CT molecular complexity index is 762. The number of halogens is 1. The first-order valence-corrected chi connectivity index (χ1v) is 7.01. The first kappa shape index (κ1) is 15.0. The number of nitrogens with one attached hydrogen (secondary N) is 1. The summed E-state index contributed by atoms with van der Waals surface area (Å²) in [6, 6.07) is 2.32. The molecule has 112 valence electrons. The molecule has 21 heavy (non-hydrogen) atoms. The van der Waals surface area contributed by atoms with E-state index in [4.69, 9.17) is 0 Å². The Morgan fingerprint density at radius 2 is 2.19 bits per heavy atom. The molecule has 0 saturated heterocycles. The zero-order chi connectivity index (χ0) is 15.6. The van der Waals surface area contributed by atoms with Crippen LogP contribution in [0, 0.1) is 15.9 Å². The largest absolute Gasteiger partial charge is 0.270 e. The lowest BCUT2D eigenvalue weighted by Crippen LogP contribution is -2.27. The number of benzene rings is 1. The van der Waals surface area contributed by atoms with Gasteiger partial charge < -0.3 is 0 Å². The lowest BCUT2D eigenvalue weighted by molar-refractivity contribution is -0.385. The molecule has 0 atom stereocenters.